The topological polar surface area (TPSA) is 17.8 Å². The van der Waals surface area contributed by atoms with Gasteiger partial charge in [-0.1, -0.05) is 37.7 Å². The van der Waals surface area contributed by atoms with Crippen LogP contribution in [0.5, 0.6) is 0 Å². The average molecular weight is 220 g/mol. The molecule has 0 amide bonds. The van der Waals surface area contributed by atoms with E-state index in [-0.39, 0.29) is 0 Å². The van der Waals surface area contributed by atoms with Crippen molar-refractivity contribution >= 4 is 22.8 Å². The van der Waals surface area contributed by atoms with Crippen LogP contribution in [0.15, 0.2) is 29.4 Å². The van der Waals surface area contributed by atoms with Crippen LogP contribution in [0.3, 0.4) is 0 Å². The number of hydrogen-bond donors (Lipinski definition) is 0. The van der Waals surface area contributed by atoms with Crippen LogP contribution in [-0.2, 0) is 7.05 Å². The molecule has 1 heterocycles. The van der Waals surface area contributed by atoms with Crippen molar-refractivity contribution in [2.45, 2.75) is 30.7 Å². The highest BCUT2D eigenvalue weighted by Crippen LogP contribution is 2.26. The van der Waals surface area contributed by atoms with E-state index < -0.39 is 0 Å². The van der Waals surface area contributed by atoms with E-state index >= 15 is 0 Å². The maximum Gasteiger partial charge on any atom is 0.169 e. The van der Waals surface area contributed by atoms with Gasteiger partial charge < -0.3 is 4.57 Å². The number of fused-ring (bicyclic) bond motifs is 1. The van der Waals surface area contributed by atoms with E-state index in [9.17, 15) is 0 Å². The van der Waals surface area contributed by atoms with Gasteiger partial charge in [0.2, 0.25) is 0 Å². The number of hydrogen-bond acceptors (Lipinski definition) is 2. The van der Waals surface area contributed by atoms with Crippen LogP contribution in [0.2, 0.25) is 0 Å². The van der Waals surface area contributed by atoms with Gasteiger partial charge in [-0.05, 0) is 18.6 Å². The fourth-order valence-electron chi connectivity index (χ4n) is 1.49. The van der Waals surface area contributed by atoms with Crippen molar-refractivity contribution in [1.82, 2.24) is 9.55 Å². The molecule has 0 bridgehead atoms. The standard InChI is InChI=1S/C12H16N2S/c1-4-9(2)15-12-13-10-7-5-6-8-11(10)14(12)3/h5-9H,4H2,1-3H3. The Bertz CT molecular complexity index is 462. The van der Waals surface area contributed by atoms with Gasteiger partial charge in [-0.25, -0.2) is 4.98 Å². The van der Waals surface area contributed by atoms with Gasteiger partial charge in [-0.3, -0.25) is 0 Å². The lowest BCUT2D eigenvalue weighted by molar-refractivity contribution is 0.803. The molecule has 2 rings (SSSR count). The Balaban J connectivity index is 2.40. The summed E-state index contributed by atoms with van der Waals surface area (Å²) in [5.74, 6) is 0. The summed E-state index contributed by atoms with van der Waals surface area (Å²) in [5.41, 5.74) is 2.30. The quantitative estimate of drug-likeness (QED) is 0.737. The van der Waals surface area contributed by atoms with Gasteiger partial charge in [0.1, 0.15) is 0 Å². The molecule has 0 N–H and O–H groups in total. The first-order valence-corrected chi connectivity index (χ1v) is 6.18. The fraction of sp³-hybridized carbons (Fsp3) is 0.417. The molecule has 0 aliphatic rings. The number of benzene rings is 1. The fourth-order valence-corrected chi connectivity index (χ4v) is 2.43. The van der Waals surface area contributed by atoms with E-state index in [4.69, 9.17) is 0 Å². The third kappa shape index (κ3) is 2.02. The first kappa shape index (κ1) is 10.6. The van der Waals surface area contributed by atoms with Crippen molar-refractivity contribution in [3.63, 3.8) is 0 Å². The molecule has 2 nitrogen and oxygen atoms in total. The van der Waals surface area contributed by atoms with E-state index in [1.807, 2.05) is 17.8 Å². The van der Waals surface area contributed by atoms with Crippen LogP contribution in [0.1, 0.15) is 20.3 Å². The normalized spacial score (nSPS) is 13.3. The second-order valence-electron chi connectivity index (χ2n) is 3.78. The van der Waals surface area contributed by atoms with Crippen molar-refractivity contribution in [2.24, 2.45) is 7.05 Å². The number of aryl methyl sites for hydroxylation is 1. The Labute approximate surface area is 94.7 Å². The molecule has 1 aromatic heterocycles. The van der Waals surface area contributed by atoms with Gasteiger partial charge in [-0.15, -0.1) is 0 Å². The summed E-state index contributed by atoms with van der Waals surface area (Å²) >= 11 is 1.85. The lowest BCUT2D eigenvalue weighted by atomic mass is 10.3. The van der Waals surface area contributed by atoms with E-state index in [0.717, 1.165) is 10.7 Å². The Morgan fingerprint density at radius 2 is 2.13 bits per heavy atom. The third-order valence-corrected chi connectivity index (χ3v) is 3.94. The summed E-state index contributed by atoms with van der Waals surface area (Å²) in [5, 5.41) is 1.74. The van der Waals surface area contributed by atoms with Crippen molar-refractivity contribution in [3.05, 3.63) is 24.3 Å². The molecule has 0 saturated carbocycles. The molecule has 80 valence electrons. The number of aromatic nitrogens is 2. The average Bonchev–Trinajstić information content (AvgIpc) is 2.57. The molecule has 1 atom stereocenters. The van der Waals surface area contributed by atoms with Gasteiger partial charge >= 0.3 is 0 Å². The molecule has 1 unspecified atom stereocenters. The molecule has 3 heteroatoms. The van der Waals surface area contributed by atoms with Crippen LogP contribution in [0.4, 0.5) is 0 Å². The number of imidazole rings is 1. The van der Waals surface area contributed by atoms with Gasteiger partial charge in [0.15, 0.2) is 5.16 Å². The zero-order valence-electron chi connectivity index (χ0n) is 9.40. The first-order valence-electron chi connectivity index (χ1n) is 5.30. The summed E-state index contributed by atoms with van der Waals surface area (Å²) in [6.45, 7) is 4.45. The van der Waals surface area contributed by atoms with Crippen molar-refractivity contribution in [1.29, 1.82) is 0 Å². The predicted molar refractivity (Wildman–Crippen MR) is 66.3 cm³/mol. The molecule has 2 aromatic rings. The van der Waals surface area contributed by atoms with Crippen LogP contribution < -0.4 is 0 Å². The first-order chi connectivity index (χ1) is 7.22. The Morgan fingerprint density at radius 1 is 1.40 bits per heavy atom. The zero-order valence-corrected chi connectivity index (χ0v) is 10.2. The van der Waals surface area contributed by atoms with E-state index in [1.165, 1.54) is 11.9 Å². The summed E-state index contributed by atoms with van der Waals surface area (Å²) in [6, 6.07) is 8.27. The number of para-hydroxylation sites is 2. The highest BCUT2D eigenvalue weighted by molar-refractivity contribution is 7.99. The van der Waals surface area contributed by atoms with Crippen LogP contribution in [0, 0.1) is 0 Å². The lowest BCUT2D eigenvalue weighted by Gasteiger charge is -2.07. The summed E-state index contributed by atoms with van der Waals surface area (Å²) in [6.07, 6.45) is 1.17. The monoisotopic (exact) mass is 220 g/mol. The second-order valence-corrected chi connectivity index (χ2v) is 5.18. The van der Waals surface area contributed by atoms with Gasteiger partial charge in [-0.2, -0.15) is 0 Å². The largest absolute Gasteiger partial charge is 0.322 e. The second kappa shape index (κ2) is 4.27. The summed E-state index contributed by atoms with van der Waals surface area (Å²) in [7, 11) is 2.08. The van der Waals surface area contributed by atoms with E-state index in [2.05, 4.69) is 48.6 Å². The maximum atomic E-state index is 4.63. The van der Waals surface area contributed by atoms with E-state index in [1.54, 1.807) is 0 Å². The smallest absolute Gasteiger partial charge is 0.169 e. The Kier molecular flexibility index (Phi) is 3.00. The lowest BCUT2D eigenvalue weighted by Crippen LogP contribution is -1.97. The number of rotatable bonds is 3. The van der Waals surface area contributed by atoms with Crippen LogP contribution in [-0.4, -0.2) is 14.8 Å². The summed E-state index contributed by atoms with van der Waals surface area (Å²) in [4.78, 5) is 4.63. The Morgan fingerprint density at radius 3 is 2.80 bits per heavy atom. The van der Waals surface area contributed by atoms with Crippen molar-refractivity contribution < 1.29 is 0 Å². The molecule has 0 saturated heterocycles. The molecule has 0 fully saturated rings. The van der Waals surface area contributed by atoms with Gasteiger partial charge in [0, 0.05) is 12.3 Å². The third-order valence-electron chi connectivity index (χ3n) is 2.63. The molecule has 0 spiro atoms. The molecule has 0 radical (unpaired) electrons. The summed E-state index contributed by atoms with van der Waals surface area (Å²) < 4.78 is 2.17. The number of thioether (sulfide) groups is 1. The van der Waals surface area contributed by atoms with E-state index in [0.29, 0.717) is 5.25 Å². The highest BCUT2D eigenvalue weighted by atomic mass is 32.2. The predicted octanol–water partition coefficient (Wildman–Crippen LogP) is 3.46. The van der Waals surface area contributed by atoms with Crippen LogP contribution >= 0.6 is 11.8 Å². The minimum absolute atomic E-state index is 0.625. The molecular formula is C12H16N2S. The SMILES string of the molecule is CCC(C)Sc1nc2ccccc2n1C. The van der Waals surface area contributed by atoms with Crippen LogP contribution in [0.25, 0.3) is 11.0 Å². The zero-order chi connectivity index (χ0) is 10.8. The molecular weight excluding hydrogens is 204 g/mol. The van der Waals surface area contributed by atoms with Gasteiger partial charge in [0.25, 0.3) is 0 Å². The van der Waals surface area contributed by atoms with Crippen molar-refractivity contribution in [2.75, 3.05) is 0 Å². The maximum absolute atomic E-state index is 4.63. The molecule has 15 heavy (non-hydrogen) atoms. The highest BCUT2D eigenvalue weighted by Gasteiger charge is 2.10. The molecule has 1 aromatic carbocycles. The Hall–Kier alpha value is -0.960. The number of nitrogens with zero attached hydrogens (tertiary/aromatic N) is 2. The molecule has 0 aliphatic heterocycles. The minimum Gasteiger partial charge on any atom is -0.322 e. The van der Waals surface area contributed by atoms with Crippen molar-refractivity contribution in [3.8, 4) is 0 Å². The minimum atomic E-state index is 0.625. The molecule has 0 aliphatic carbocycles. The van der Waals surface area contributed by atoms with Gasteiger partial charge in [0.05, 0.1) is 11.0 Å².